The highest BCUT2D eigenvalue weighted by atomic mass is 32.2. The number of carbonyl (C=O) groups excluding carboxylic acids is 2. The number of aryl methyl sites for hydroxylation is 2. The number of hydrogen-bond donors (Lipinski definition) is 1. The zero-order chi connectivity index (χ0) is 26.4. The lowest BCUT2D eigenvalue weighted by atomic mass is 10.1. The Morgan fingerprint density at radius 1 is 1.00 bits per heavy atom. The van der Waals surface area contributed by atoms with Gasteiger partial charge in [-0.3, -0.25) is 14.5 Å². The van der Waals surface area contributed by atoms with Crippen molar-refractivity contribution in [2.24, 2.45) is 0 Å². The minimum Gasteiger partial charge on any atom is -0.490 e. The van der Waals surface area contributed by atoms with Crippen molar-refractivity contribution in [2.75, 3.05) is 18.1 Å². The Kier molecular flexibility index (Phi) is 8.63. The van der Waals surface area contributed by atoms with Gasteiger partial charge in [-0.2, -0.15) is 0 Å². The van der Waals surface area contributed by atoms with E-state index in [-0.39, 0.29) is 18.4 Å². The number of carbonyl (C=O) groups is 2. The number of nitrogens with zero attached hydrogens (tertiary/aromatic N) is 1. The van der Waals surface area contributed by atoms with Gasteiger partial charge < -0.3 is 14.8 Å². The van der Waals surface area contributed by atoms with Gasteiger partial charge in [0.25, 0.3) is 11.8 Å². The molecule has 4 rings (SSSR count). The highest BCUT2D eigenvalue weighted by molar-refractivity contribution is 8.27. The number of anilines is 1. The molecule has 3 aromatic carbocycles. The van der Waals surface area contributed by atoms with Gasteiger partial charge in [-0.25, -0.2) is 0 Å². The lowest BCUT2D eigenvalue weighted by molar-refractivity contribution is -0.123. The molecule has 1 aliphatic rings. The lowest BCUT2D eigenvalue weighted by Crippen LogP contribution is -2.28. The third-order valence-electron chi connectivity index (χ3n) is 5.80. The average molecular weight is 533 g/mol. The first-order valence-electron chi connectivity index (χ1n) is 11.9. The van der Waals surface area contributed by atoms with Gasteiger partial charge in [0, 0.05) is 6.54 Å². The number of thioether (sulfide) groups is 1. The fourth-order valence-electron chi connectivity index (χ4n) is 3.70. The molecule has 1 fully saturated rings. The summed E-state index contributed by atoms with van der Waals surface area (Å²) in [6, 6.07) is 20.9. The van der Waals surface area contributed by atoms with Crippen molar-refractivity contribution >= 4 is 51.9 Å². The molecule has 2 amide bonds. The molecule has 1 heterocycles. The Morgan fingerprint density at radius 2 is 1.78 bits per heavy atom. The van der Waals surface area contributed by atoms with E-state index in [9.17, 15) is 9.59 Å². The van der Waals surface area contributed by atoms with Crippen molar-refractivity contribution in [2.45, 2.75) is 27.3 Å². The fraction of sp³-hybridized carbons (Fsp3) is 0.207. The zero-order valence-electron chi connectivity index (χ0n) is 20.9. The van der Waals surface area contributed by atoms with Crippen molar-refractivity contribution in [3.05, 3.63) is 93.9 Å². The summed E-state index contributed by atoms with van der Waals surface area (Å²) < 4.78 is 12.0. The summed E-state index contributed by atoms with van der Waals surface area (Å²) in [6.07, 6.45) is 1.79. The number of benzene rings is 3. The average Bonchev–Trinajstić information content (AvgIpc) is 3.17. The Balaban J connectivity index is 1.45. The molecule has 8 heteroatoms. The van der Waals surface area contributed by atoms with E-state index >= 15 is 0 Å². The molecule has 0 radical (unpaired) electrons. The van der Waals surface area contributed by atoms with Crippen LogP contribution in [0.25, 0.3) is 6.08 Å². The van der Waals surface area contributed by atoms with Crippen LogP contribution in [0.2, 0.25) is 0 Å². The highest BCUT2D eigenvalue weighted by Crippen LogP contribution is 2.37. The van der Waals surface area contributed by atoms with Gasteiger partial charge in [0.05, 0.1) is 17.2 Å². The van der Waals surface area contributed by atoms with Crippen LogP contribution < -0.4 is 19.7 Å². The third kappa shape index (κ3) is 6.58. The summed E-state index contributed by atoms with van der Waals surface area (Å²) in [5.74, 6) is 0.560. The normalized spacial score (nSPS) is 14.2. The zero-order valence-corrected chi connectivity index (χ0v) is 22.6. The smallest absolute Gasteiger partial charge is 0.270 e. The van der Waals surface area contributed by atoms with Crippen LogP contribution in [0.3, 0.4) is 0 Å². The predicted octanol–water partition coefficient (Wildman–Crippen LogP) is 5.80. The molecule has 0 bridgehead atoms. The Hall–Kier alpha value is -3.62. The molecule has 0 unspecified atom stereocenters. The van der Waals surface area contributed by atoms with E-state index in [0.717, 1.165) is 27.9 Å². The summed E-state index contributed by atoms with van der Waals surface area (Å²) in [5.41, 5.74) is 4.80. The molecule has 6 nitrogen and oxygen atoms in total. The summed E-state index contributed by atoms with van der Waals surface area (Å²) in [5, 5.41) is 2.84. The van der Waals surface area contributed by atoms with Crippen molar-refractivity contribution in [1.29, 1.82) is 0 Å². The van der Waals surface area contributed by atoms with E-state index in [2.05, 4.69) is 5.32 Å². The van der Waals surface area contributed by atoms with E-state index < -0.39 is 0 Å². The fourth-order valence-corrected chi connectivity index (χ4v) is 5.00. The maximum Gasteiger partial charge on any atom is 0.270 e. The molecule has 190 valence electrons. The standard InChI is InChI=1S/C29H28N2O4S2/c1-4-34-25-15-22(11-13-24(25)35-18-27(32)30-17-21-8-6-5-7-9-21)16-26-28(33)31(29(36)37-26)23-12-10-19(2)20(3)14-23/h5-16H,4,17-18H2,1-3H3,(H,30,32)/b26-16-. The second-order valence-electron chi connectivity index (χ2n) is 8.48. The lowest BCUT2D eigenvalue weighted by Gasteiger charge is -2.16. The van der Waals surface area contributed by atoms with Crippen LogP contribution in [0, 0.1) is 13.8 Å². The molecule has 1 aliphatic heterocycles. The number of ether oxygens (including phenoxy) is 2. The monoisotopic (exact) mass is 532 g/mol. The molecular formula is C29H28N2O4S2. The van der Waals surface area contributed by atoms with Crippen LogP contribution in [0.15, 0.2) is 71.6 Å². The first-order chi connectivity index (χ1) is 17.9. The molecule has 0 saturated carbocycles. The molecule has 0 atom stereocenters. The van der Waals surface area contributed by atoms with Gasteiger partial charge in [0.2, 0.25) is 0 Å². The molecule has 1 saturated heterocycles. The van der Waals surface area contributed by atoms with Gasteiger partial charge in [0.1, 0.15) is 0 Å². The van der Waals surface area contributed by atoms with Crippen molar-refractivity contribution in [1.82, 2.24) is 5.32 Å². The first kappa shape index (κ1) is 26.4. The van der Waals surface area contributed by atoms with Crippen LogP contribution in [-0.2, 0) is 16.1 Å². The SMILES string of the molecule is CCOc1cc(/C=C2\SC(=S)N(c3ccc(C)c(C)c3)C2=O)ccc1OCC(=O)NCc1ccccc1. The molecule has 0 aliphatic carbocycles. The maximum atomic E-state index is 13.2. The van der Waals surface area contributed by atoms with Crippen molar-refractivity contribution in [3.63, 3.8) is 0 Å². The first-order valence-corrected chi connectivity index (χ1v) is 13.1. The largest absolute Gasteiger partial charge is 0.490 e. The molecule has 37 heavy (non-hydrogen) atoms. The topological polar surface area (TPSA) is 67.9 Å². The van der Waals surface area contributed by atoms with Gasteiger partial charge in [-0.15, -0.1) is 0 Å². The third-order valence-corrected chi connectivity index (χ3v) is 7.10. The van der Waals surface area contributed by atoms with Crippen LogP contribution in [-0.4, -0.2) is 29.3 Å². The minimum absolute atomic E-state index is 0.138. The van der Waals surface area contributed by atoms with E-state index in [0.29, 0.717) is 33.9 Å². The molecule has 0 spiro atoms. The van der Waals surface area contributed by atoms with Gasteiger partial charge in [0.15, 0.2) is 22.4 Å². The molecule has 0 aromatic heterocycles. The molecule has 1 N–H and O–H groups in total. The van der Waals surface area contributed by atoms with Crippen LogP contribution in [0.5, 0.6) is 11.5 Å². The van der Waals surface area contributed by atoms with Gasteiger partial charge in [-0.1, -0.05) is 66.4 Å². The minimum atomic E-state index is -0.231. The number of rotatable bonds is 9. The van der Waals surface area contributed by atoms with Gasteiger partial charge >= 0.3 is 0 Å². The number of hydrogen-bond acceptors (Lipinski definition) is 6. The van der Waals surface area contributed by atoms with E-state index in [1.54, 1.807) is 23.1 Å². The summed E-state index contributed by atoms with van der Waals surface area (Å²) >= 11 is 6.78. The second kappa shape index (κ2) is 12.1. The number of thiocarbonyl (C=S) groups is 1. The Labute approximate surface area is 226 Å². The van der Waals surface area contributed by atoms with Crippen molar-refractivity contribution in [3.8, 4) is 11.5 Å². The van der Waals surface area contributed by atoms with E-state index in [1.807, 2.05) is 75.4 Å². The second-order valence-corrected chi connectivity index (χ2v) is 10.2. The van der Waals surface area contributed by atoms with Crippen LogP contribution in [0.1, 0.15) is 29.2 Å². The molecular weight excluding hydrogens is 504 g/mol. The van der Waals surface area contributed by atoms with Crippen LogP contribution in [0.4, 0.5) is 5.69 Å². The van der Waals surface area contributed by atoms with E-state index in [4.69, 9.17) is 21.7 Å². The van der Waals surface area contributed by atoms with Gasteiger partial charge in [-0.05, 0) is 73.4 Å². The van der Waals surface area contributed by atoms with E-state index in [1.165, 1.54) is 11.8 Å². The summed E-state index contributed by atoms with van der Waals surface area (Å²) in [7, 11) is 0. The Bertz CT molecular complexity index is 1360. The predicted molar refractivity (Wildman–Crippen MR) is 153 cm³/mol. The number of nitrogens with one attached hydrogen (secondary N) is 1. The quantitative estimate of drug-likeness (QED) is 0.277. The summed E-state index contributed by atoms with van der Waals surface area (Å²) in [4.78, 5) is 27.5. The maximum absolute atomic E-state index is 13.2. The number of amides is 2. The Morgan fingerprint density at radius 3 is 2.51 bits per heavy atom. The highest BCUT2D eigenvalue weighted by Gasteiger charge is 2.33. The van der Waals surface area contributed by atoms with Crippen LogP contribution >= 0.6 is 24.0 Å². The summed E-state index contributed by atoms with van der Waals surface area (Å²) in [6.45, 7) is 6.63. The van der Waals surface area contributed by atoms with Crippen molar-refractivity contribution < 1.29 is 19.1 Å². The molecule has 3 aromatic rings.